The van der Waals surface area contributed by atoms with Crippen molar-refractivity contribution in [1.82, 2.24) is 25.1 Å². The van der Waals surface area contributed by atoms with Crippen LogP contribution in [-0.2, 0) is 21.2 Å². The largest absolute Gasteiger partial charge is 0.335 e. The molecule has 1 unspecified atom stereocenters. The Balaban J connectivity index is 1.64. The molecular weight excluding hydrogens is 326 g/mol. The van der Waals surface area contributed by atoms with E-state index >= 15 is 0 Å². The smallest absolute Gasteiger partial charge is 0.233 e. The van der Waals surface area contributed by atoms with E-state index in [1.807, 2.05) is 6.92 Å². The molecule has 2 heterocycles. The van der Waals surface area contributed by atoms with Gasteiger partial charge >= 0.3 is 0 Å². The van der Waals surface area contributed by atoms with Crippen LogP contribution in [0.3, 0.4) is 0 Å². The first-order valence-corrected chi connectivity index (χ1v) is 10.2. The Labute approximate surface area is 133 Å². The Morgan fingerprint density at radius 2 is 2.14 bits per heavy atom. The quantitative estimate of drug-likeness (QED) is 0.667. The predicted octanol–water partition coefficient (Wildman–Crippen LogP) is -0.0368. The summed E-state index contributed by atoms with van der Waals surface area (Å²) in [6.45, 7) is 2.58. The van der Waals surface area contributed by atoms with Crippen LogP contribution in [0.15, 0.2) is 5.16 Å². The van der Waals surface area contributed by atoms with E-state index in [-0.39, 0.29) is 35.2 Å². The Kier molecular flexibility index (Phi) is 4.40. The molecule has 1 aliphatic heterocycles. The fraction of sp³-hybridized carbons (Fsp3) is 0.833. The van der Waals surface area contributed by atoms with Crippen LogP contribution >= 0.6 is 11.8 Å². The third-order valence-electron chi connectivity index (χ3n) is 3.95. The number of carbonyl (C=O) groups is 1. The molecule has 2 fully saturated rings. The van der Waals surface area contributed by atoms with Crippen LogP contribution in [0.5, 0.6) is 0 Å². The van der Waals surface area contributed by atoms with E-state index in [0.29, 0.717) is 18.1 Å². The van der Waals surface area contributed by atoms with Gasteiger partial charge in [0.05, 0.1) is 17.3 Å². The van der Waals surface area contributed by atoms with Crippen LogP contribution < -0.4 is 0 Å². The van der Waals surface area contributed by atoms with Crippen LogP contribution in [-0.4, -0.2) is 68.8 Å². The highest BCUT2D eigenvalue weighted by Crippen LogP contribution is 2.33. The average molecular weight is 345 g/mol. The maximum absolute atomic E-state index is 12.5. The van der Waals surface area contributed by atoms with Crippen molar-refractivity contribution in [3.8, 4) is 0 Å². The number of carbonyl (C=O) groups excluding carboxylic acids is 1. The van der Waals surface area contributed by atoms with E-state index < -0.39 is 9.84 Å². The summed E-state index contributed by atoms with van der Waals surface area (Å²) in [6, 6.07) is 0.0568. The summed E-state index contributed by atoms with van der Waals surface area (Å²) in [5.41, 5.74) is 0. The highest BCUT2D eigenvalue weighted by Gasteiger charge is 2.41. The number of thioether (sulfide) groups is 1. The first-order chi connectivity index (χ1) is 10.5. The number of aromatic nitrogens is 4. The molecule has 10 heteroatoms. The second kappa shape index (κ2) is 6.15. The van der Waals surface area contributed by atoms with Gasteiger partial charge in [-0.25, -0.2) is 13.1 Å². The van der Waals surface area contributed by atoms with Crippen molar-refractivity contribution in [3.05, 3.63) is 0 Å². The third kappa shape index (κ3) is 3.43. The van der Waals surface area contributed by atoms with Crippen LogP contribution in [0.1, 0.15) is 26.2 Å². The lowest BCUT2D eigenvalue weighted by Gasteiger charge is -2.28. The minimum Gasteiger partial charge on any atom is -0.335 e. The molecule has 1 saturated heterocycles. The summed E-state index contributed by atoms with van der Waals surface area (Å²) in [6.07, 6.45) is 2.50. The summed E-state index contributed by atoms with van der Waals surface area (Å²) in [7, 11) is -2.99. The maximum atomic E-state index is 12.5. The third-order valence-corrected chi connectivity index (χ3v) is 6.65. The van der Waals surface area contributed by atoms with Crippen molar-refractivity contribution < 1.29 is 13.2 Å². The predicted molar refractivity (Wildman–Crippen MR) is 81.1 cm³/mol. The first kappa shape index (κ1) is 15.7. The monoisotopic (exact) mass is 345 g/mol. The van der Waals surface area contributed by atoms with Crippen molar-refractivity contribution in [2.45, 2.75) is 50.0 Å². The van der Waals surface area contributed by atoms with Gasteiger partial charge in [-0.2, -0.15) is 0 Å². The lowest BCUT2D eigenvalue weighted by Crippen LogP contribution is -2.43. The summed E-state index contributed by atoms with van der Waals surface area (Å²) in [4.78, 5) is 14.4. The van der Waals surface area contributed by atoms with E-state index in [4.69, 9.17) is 0 Å². The fourth-order valence-corrected chi connectivity index (χ4v) is 5.27. The molecule has 22 heavy (non-hydrogen) atoms. The average Bonchev–Trinajstić information content (AvgIpc) is 3.08. The summed E-state index contributed by atoms with van der Waals surface area (Å²) >= 11 is 1.30. The summed E-state index contributed by atoms with van der Waals surface area (Å²) in [5, 5.41) is 11.9. The van der Waals surface area contributed by atoms with E-state index in [1.165, 1.54) is 11.8 Å². The number of hydrogen-bond acceptors (Lipinski definition) is 7. The van der Waals surface area contributed by atoms with Crippen molar-refractivity contribution in [2.75, 3.05) is 17.3 Å². The summed E-state index contributed by atoms with van der Waals surface area (Å²) < 4.78 is 25.0. The maximum Gasteiger partial charge on any atom is 0.233 e. The van der Waals surface area contributed by atoms with E-state index in [2.05, 4.69) is 15.5 Å². The van der Waals surface area contributed by atoms with Gasteiger partial charge in [-0.15, -0.1) is 5.10 Å². The number of sulfone groups is 1. The molecule has 0 radical (unpaired) electrons. The van der Waals surface area contributed by atoms with Crippen LogP contribution in [0.25, 0.3) is 0 Å². The molecule has 8 nitrogen and oxygen atoms in total. The Morgan fingerprint density at radius 3 is 2.73 bits per heavy atom. The van der Waals surface area contributed by atoms with Gasteiger partial charge in [0, 0.05) is 18.6 Å². The molecular formula is C12H19N5O3S2. The van der Waals surface area contributed by atoms with Crippen LogP contribution in [0.4, 0.5) is 0 Å². The van der Waals surface area contributed by atoms with Gasteiger partial charge in [0.2, 0.25) is 11.1 Å². The number of amides is 1. The van der Waals surface area contributed by atoms with E-state index in [9.17, 15) is 13.2 Å². The fourth-order valence-electron chi connectivity index (χ4n) is 2.75. The zero-order valence-corrected chi connectivity index (χ0v) is 14.0. The highest BCUT2D eigenvalue weighted by molar-refractivity contribution is 7.99. The van der Waals surface area contributed by atoms with Gasteiger partial charge in [0.25, 0.3) is 0 Å². The summed E-state index contributed by atoms with van der Waals surface area (Å²) in [5.74, 6) is 0.523. The van der Waals surface area contributed by atoms with Gasteiger partial charge in [-0.1, -0.05) is 11.8 Å². The lowest BCUT2D eigenvalue weighted by molar-refractivity contribution is -0.130. The van der Waals surface area contributed by atoms with E-state index in [1.54, 1.807) is 9.58 Å². The molecule has 1 aliphatic carbocycles. The number of rotatable bonds is 6. The topological polar surface area (TPSA) is 98.1 Å². The molecule has 0 aromatic carbocycles. The van der Waals surface area contributed by atoms with Crippen molar-refractivity contribution in [3.63, 3.8) is 0 Å². The molecule has 122 valence electrons. The molecule has 1 atom stereocenters. The van der Waals surface area contributed by atoms with Gasteiger partial charge in [-0.05, 0) is 36.6 Å². The number of hydrogen-bond donors (Lipinski definition) is 0. The highest BCUT2D eigenvalue weighted by atomic mass is 32.2. The minimum atomic E-state index is -2.99. The second-order valence-electron chi connectivity index (χ2n) is 5.65. The molecule has 1 aromatic heterocycles. The first-order valence-electron chi connectivity index (χ1n) is 7.40. The number of aryl methyl sites for hydroxylation is 1. The normalized spacial score (nSPS) is 23.6. The van der Waals surface area contributed by atoms with E-state index in [0.717, 1.165) is 12.8 Å². The molecule has 1 amide bonds. The molecule has 1 saturated carbocycles. The van der Waals surface area contributed by atoms with Crippen molar-refractivity contribution in [2.24, 2.45) is 0 Å². The Hall–Kier alpha value is -1.16. The zero-order chi connectivity index (χ0) is 15.7. The molecule has 0 spiro atoms. The Morgan fingerprint density at radius 1 is 1.36 bits per heavy atom. The molecule has 3 rings (SSSR count). The zero-order valence-electron chi connectivity index (χ0n) is 12.4. The van der Waals surface area contributed by atoms with Gasteiger partial charge in [0.15, 0.2) is 9.84 Å². The van der Waals surface area contributed by atoms with Crippen molar-refractivity contribution in [1.29, 1.82) is 0 Å². The second-order valence-corrected chi connectivity index (χ2v) is 8.83. The van der Waals surface area contributed by atoms with Gasteiger partial charge in [0.1, 0.15) is 0 Å². The number of nitrogens with zero attached hydrogens (tertiary/aromatic N) is 5. The molecule has 2 aliphatic rings. The standard InChI is InChI=1S/C12H19N5O3S2/c1-2-16-12(13-14-15-16)21-7-11(18)17(9-3-4-9)10-5-6-22(19,20)8-10/h9-10H,2-8H2,1H3. The van der Waals surface area contributed by atoms with Crippen LogP contribution in [0.2, 0.25) is 0 Å². The lowest BCUT2D eigenvalue weighted by atomic mass is 10.2. The van der Waals surface area contributed by atoms with Crippen molar-refractivity contribution >= 4 is 27.5 Å². The van der Waals surface area contributed by atoms with Crippen LogP contribution in [0, 0.1) is 0 Å². The molecule has 0 N–H and O–H groups in total. The molecule has 0 bridgehead atoms. The minimum absolute atomic E-state index is 0.0137. The SMILES string of the molecule is CCn1nnnc1SCC(=O)N(C1CC1)C1CCS(=O)(=O)C1. The Bertz CT molecular complexity index is 655. The van der Waals surface area contributed by atoms with Gasteiger partial charge < -0.3 is 4.90 Å². The molecule has 1 aromatic rings. The van der Waals surface area contributed by atoms with Gasteiger partial charge in [-0.3, -0.25) is 4.79 Å². The number of tetrazole rings is 1.